The van der Waals surface area contributed by atoms with Crippen LogP contribution in [0.25, 0.3) is 0 Å². The Balaban J connectivity index is 1.73. The number of H-pyrrole nitrogens is 1. The lowest BCUT2D eigenvalue weighted by Gasteiger charge is -2.35. The van der Waals surface area contributed by atoms with Gasteiger partial charge < -0.3 is 19.5 Å². The lowest BCUT2D eigenvalue weighted by atomic mass is 9.92. The molecule has 1 aromatic rings. The summed E-state index contributed by atoms with van der Waals surface area (Å²) in [6.07, 6.45) is 7.28. The Morgan fingerprint density at radius 1 is 1.40 bits per heavy atom. The normalized spacial score (nSPS) is 24.4. The van der Waals surface area contributed by atoms with Crippen LogP contribution in [-0.2, 0) is 16.1 Å². The number of carbonyl (C=O) groups is 1. The second kappa shape index (κ2) is 8.19. The van der Waals surface area contributed by atoms with E-state index in [1.54, 1.807) is 0 Å². The van der Waals surface area contributed by atoms with Crippen molar-refractivity contribution in [1.82, 2.24) is 14.8 Å². The van der Waals surface area contributed by atoms with Crippen LogP contribution in [0.1, 0.15) is 36.2 Å². The quantitative estimate of drug-likeness (QED) is 0.835. The van der Waals surface area contributed by atoms with E-state index in [1.165, 1.54) is 5.56 Å². The number of aryl methyl sites for hydroxylation is 2. The molecule has 1 fully saturated rings. The van der Waals surface area contributed by atoms with Crippen molar-refractivity contribution in [3.8, 4) is 0 Å². The van der Waals surface area contributed by atoms with Crippen molar-refractivity contribution in [2.75, 3.05) is 33.3 Å². The van der Waals surface area contributed by atoms with Crippen LogP contribution in [0.2, 0.25) is 0 Å². The molecule has 2 aliphatic rings. The van der Waals surface area contributed by atoms with Gasteiger partial charge in [-0.05, 0) is 51.8 Å². The third-order valence-electron chi connectivity index (χ3n) is 5.31. The van der Waals surface area contributed by atoms with E-state index >= 15 is 0 Å². The number of aromatic amines is 1. The molecule has 1 saturated heterocycles. The first-order valence-electron chi connectivity index (χ1n) is 9.42. The van der Waals surface area contributed by atoms with Gasteiger partial charge in [0.25, 0.3) is 0 Å². The highest BCUT2D eigenvalue weighted by molar-refractivity contribution is 5.79. The molecule has 2 heterocycles. The topological polar surface area (TPSA) is 48.6 Å². The van der Waals surface area contributed by atoms with E-state index in [4.69, 9.17) is 4.74 Å². The summed E-state index contributed by atoms with van der Waals surface area (Å²) >= 11 is 0. The smallest absolute Gasteiger partial charge is 0.226 e. The maximum atomic E-state index is 13.2. The van der Waals surface area contributed by atoms with Crippen molar-refractivity contribution in [2.45, 2.75) is 45.8 Å². The molecular formula is C20H31N3O2. The Labute approximate surface area is 151 Å². The summed E-state index contributed by atoms with van der Waals surface area (Å²) in [4.78, 5) is 20.9. The number of rotatable bonds is 5. The van der Waals surface area contributed by atoms with E-state index in [9.17, 15) is 4.79 Å². The van der Waals surface area contributed by atoms with Crippen LogP contribution in [0.4, 0.5) is 0 Å². The summed E-state index contributed by atoms with van der Waals surface area (Å²) < 4.78 is 5.93. The molecule has 0 unspecified atom stereocenters. The Hall–Kier alpha value is -1.59. The first-order chi connectivity index (χ1) is 12.0. The number of carbonyl (C=O) groups excluding carboxylic acids is 1. The molecule has 0 radical (unpaired) electrons. The molecule has 25 heavy (non-hydrogen) atoms. The van der Waals surface area contributed by atoms with Crippen LogP contribution in [0.15, 0.2) is 18.2 Å². The lowest BCUT2D eigenvalue weighted by molar-refractivity contribution is -0.139. The zero-order chi connectivity index (χ0) is 17.8. The van der Waals surface area contributed by atoms with E-state index in [-0.39, 0.29) is 17.9 Å². The van der Waals surface area contributed by atoms with Crippen molar-refractivity contribution < 1.29 is 9.53 Å². The molecule has 1 aromatic heterocycles. The average Bonchev–Trinajstić information content (AvgIpc) is 2.92. The second-order valence-corrected chi connectivity index (χ2v) is 7.56. The molecule has 1 aliphatic carbocycles. The number of amides is 1. The van der Waals surface area contributed by atoms with Gasteiger partial charge in [-0.1, -0.05) is 12.2 Å². The fraction of sp³-hybridized carbons (Fsp3) is 0.650. The standard InChI is InChI=1S/C20H31N3O2/c1-15-11-18(16(2)21-15)12-23(14-19-13-22(3)9-10-25-19)20(24)17-7-5-4-6-8-17/h4-5,11,17,19,21H,6-10,12-14H2,1-3H3/t17-,19-/m0/s1. The van der Waals surface area contributed by atoms with Crippen LogP contribution < -0.4 is 0 Å². The molecule has 5 heteroatoms. The SMILES string of the molecule is Cc1cc(CN(C[C@@H]2CN(C)CCO2)C(=O)[C@H]2CC=CCC2)c(C)[nH]1. The molecular weight excluding hydrogens is 314 g/mol. The fourth-order valence-electron chi connectivity index (χ4n) is 3.88. The summed E-state index contributed by atoms with van der Waals surface area (Å²) in [7, 11) is 2.12. The van der Waals surface area contributed by atoms with Gasteiger partial charge in [0, 0.05) is 43.5 Å². The molecule has 2 atom stereocenters. The molecule has 0 saturated carbocycles. The van der Waals surface area contributed by atoms with Gasteiger partial charge in [0.15, 0.2) is 0 Å². The number of ether oxygens (including phenoxy) is 1. The van der Waals surface area contributed by atoms with Crippen LogP contribution in [0.3, 0.4) is 0 Å². The van der Waals surface area contributed by atoms with Crippen molar-refractivity contribution in [3.63, 3.8) is 0 Å². The van der Waals surface area contributed by atoms with Crippen molar-refractivity contribution in [2.24, 2.45) is 5.92 Å². The summed E-state index contributed by atoms with van der Waals surface area (Å²) in [5.41, 5.74) is 3.51. The molecule has 1 N–H and O–H groups in total. The van der Waals surface area contributed by atoms with Gasteiger partial charge in [0.2, 0.25) is 5.91 Å². The van der Waals surface area contributed by atoms with E-state index < -0.39 is 0 Å². The summed E-state index contributed by atoms with van der Waals surface area (Å²) in [6, 6.07) is 2.16. The largest absolute Gasteiger partial charge is 0.374 e. The molecule has 0 spiro atoms. The van der Waals surface area contributed by atoms with E-state index in [0.717, 1.165) is 50.3 Å². The predicted octanol–water partition coefficient (Wildman–Crippen LogP) is 2.65. The highest BCUT2D eigenvalue weighted by Gasteiger charge is 2.29. The molecule has 0 bridgehead atoms. The Bertz CT molecular complexity index is 622. The van der Waals surface area contributed by atoms with Crippen LogP contribution in [0.5, 0.6) is 0 Å². The van der Waals surface area contributed by atoms with Crippen LogP contribution in [-0.4, -0.2) is 60.1 Å². The number of allylic oxidation sites excluding steroid dienone is 2. The minimum atomic E-state index is 0.0992. The van der Waals surface area contributed by atoms with Crippen molar-refractivity contribution in [3.05, 3.63) is 35.2 Å². The maximum absolute atomic E-state index is 13.2. The zero-order valence-corrected chi connectivity index (χ0v) is 15.8. The van der Waals surface area contributed by atoms with Crippen molar-refractivity contribution in [1.29, 1.82) is 0 Å². The third-order valence-corrected chi connectivity index (χ3v) is 5.31. The van der Waals surface area contributed by atoms with Crippen LogP contribution in [0, 0.1) is 19.8 Å². The minimum Gasteiger partial charge on any atom is -0.374 e. The predicted molar refractivity (Wildman–Crippen MR) is 99.4 cm³/mol. The van der Waals surface area contributed by atoms with Gasteiger partial charge >= 0.3 is 0 Å². The summed E-state index contributed by atoms with van der Waals surface area (Å²) in [5, 5.41) is 0. The van der Waals surface area contributed by atoms with Gasteiger partial charge in [0.1, 0.15) is 0 Å². The Morgan fingerprint density at radius 2 is 2.24 bits per heavy atom. The van der Waals surface area contributed by atoms with Gasteiger partial charge in [-0.15, -0.1) is 0 Å². The number of nitrogens with one attached hydrogen (secondary N) is 1. The number of hydrogen-bond donors (Lipinski definition) is 1. The van der Waals surface area contributed by atoms with Gasteiger partial charge in [-0.3, -0.25) is 4.79 Å². The van der Waals surface area contributed by atoms with Gasteiger partial charge in [-0.25, -0.2) is 0 Å². The number of morpholine rings is 1. The monoisotopic (exact) mass is 345 g/mol. The molecule has 5 nitrogen and oxygen atoms in total. The molecule has 1 aliphatic heterocycles. The first kappa shape index (κ1) is 18.2. The Kier molecular flexibility index (Phi) is 5.97. The Morgan fingerprint density at radius 3 is 2.88 bits per heavy atom. The van der Waals surface area contributed by atoms with E-state index in [2.05, 4.69) is 49.0 Å². The van der Waals surface area contributed by atoms with Crippen molar-refractivity contribution >= 4 is 5.91 Å². The number of hydrogen-bond acceptors (Lipinski definition) is 3. The minimum absolute atomic E-state index is 0.0992. The molecule has 0 aromatic carbocycles. The number of aromatic nitrogens is 1. The second-order valence-electron chi connectivity index (χ2n) is 7.56. The van der Waals surface area contributed by atoms with Gasteiger partial charge in [-0.2, -0.15) is 0 Å². The lowest BCUT2D eigenvalue weighted by Crippen LogP contribution is -2.48. The fourth-order valence-corrected chi connectivity index (χ4v) is 3.88. The number of likely N-dealkylation sites (N-methyl/N-ethyl adjacent to an activating group) is 1. The highest BCUT2D eigenvalue weighted by atomic mass is 16.5. The third kappa shape index (κ3) is 4.73. The first-order valence-corrected chi connectivity index (χ1v) is 9.42. The maximum Gasteiger partial charge on any atom is 0.226 e. The summed E-state index contributed by atoms with van der Waals surface area (Å²) in [6.45, 7) is 8.09. The molecule has 138 valence electrons. The summed E-state index contributed by atoms with van der Waals surface area (Å²) in [5.74, 6) is 0.395. The number of nitrogens with zero attached hydrogens (tertiary/aromatic N) is 2. The van der Waals surface area contributed by atoms with E-state index in [1.807, 2.05) is 4.90 Å². The molecule has 3 rings (SSSR count). The zero-order valence-electron chi connectivity index (χ0n) is 15.8. The molecule has 1 amide bonds. The highest BCUT2D eigenvalue weighted by Crippen LogP contribution is 2.23. The van der Waals surface area contributed by atoms with Gasteiger partial charge in [0.05, 0.1) is 12.7 Å². The average molecular weight is 345 g/mol. The van der Waals surface area contributed by atoms with Crippen LogP contribution >= 0.6 is 0 Å². The van der Waals surface area contributed by atoms with E-state index in [0.29, 0.717) is 13.1 Å².